The Kier molecular flexibility index (Phi) is 3.56. The zero-order valence-corrected chi connectivity index (χ0v) is 13.3. The Morgan fingerprint density at radius 1 is 1.30 bits per heavy atom. The summed E-state index contributed by atoms with van der Waals surface area (Å²) in [4.78, 5) is 14.2. The van der Waals surface area contributed by atoms with E-state index < -0.39 is 5.82 Å². The van der Waals surface area contributed by atoms with Crippen LogP contribution in [-0.2, 0) is 24.3 Å². The smallest absolute Gasteiger partial charge is 0.227 e. The van der Waals surface area contributed by atoms with Gasteiger partial charge in [0.15, 0.2) is 5.82 Å². The first-order valence-corrected chi connectivity index (χ1v) is 8.13. The highest BCUT2D eigenvalue weighted by Crippen LogP contribution is 2.39. The zero-order chi connectivity index (χ0) is 16.0. The Morgan fingerprint density at radius 2 is 2.13 bits per heavy atom. The molecule has 2 heterocycles. The number of hydrogen-bond donors (Lipinski definition) is 0. The molecular weight excluding hydrogens is 319 g/mol. The number of carbonyl (C=O) groups is 1. The molecule has 5 nitrogen and oxygen atoms in total. The van der Waals surface area contributed by atoms with Crippen molar-refractivity contribution in [3.05, 3.63) is 46.3 Å². The lowest BCUT2D eigenvalue weighted by Crippen LogP contribution is -2.39. The van der Waals surface area contributed by atoms with Crippen LogP contribution in [0.3, 0.4) is 0 Å². The maximum Gasteiger partial charge on any atom is 0.227 e. The fraction of sp³-hybridized carbons (Fsp3) is 0.438. The molecule has 1 aliphatic carbocycles. The van der Waals surface area contributed by atoms with Crippen molar-refractivity contribution in [1.29, 1.82) is 0 Å². The normalized spacial score (nSPS) is 17.2. The number of benzene rings is 1. The molecule has 1 saturated carbocycles. The third-order valence-electron chi connectivity index (χ3n) is 4.43. The summed E-state index contributed by atoms with van der Waals surface area (Å²) < 4.78 is 15.2. The first-order chi connectivity index (χ1) is 11.1. The van der Waals surface area contributed by atoms with Gasteiger partial charge in [0, 0.05) is 24.0 Å². The minimum atomic E-state index is -0.398. The molecule has 2 aromatic rings. The standard InChI is InChI=1S/C16H16ClFN4O/c17-13-8-12(18)4-3-11(13)7-15(23)21-5-6-22-14(9-21)19-20-16(22)10-1-2-10/h3-4,8,10H,1-2,5-7,9H2. The van der Waals surface area contributed by atoms with E-state index in [0.717, 1.165) is 18.2 Å². The summed E-state index contributed by atoms with van der Waals surface area (Å²) >= 11 is 6.00. The topological polar surface area (TPSA) is 51.0 Å². The van der Waals surface area contributed by atoms with E-state index in [-0.39, 0.29) is 17.4 Å². The van der Waals surface area contributed by atoms with Gasteiger partial charge in [-0.3, -0.25) is 4.79 Å². The Bertz CT molecular complexity index is 771. The van der Waals surface area contributed by atoms with Crippen molar-refractivity contribution in [3.8, 4) is 0 Å². The molecule has 0 bridgehead atoms. The van der Waals surface area contributed by atoms with Crippen molar-refractivity contribution >= 4 is 17.5 Å². The van der Waals surface area contributed by atoms with Crippen molar-refractivity contribution < 1.29 is 9.18 Å². The third kappa shape index (κ3) is 2.83. The highest BCUT2D eigenvalue weighted by molar-refractivity contribution is 6.31. The quantitative estimate of drug-likeness (QED) is 0.866. The zero-order valence-electron chi connectivity index (χ0n) is 12.5. The first-order valence-electron chi connectivity index (χ1n) is 7.75. The van der Waals surface area contributed by atoms with Gasteiger partial charge >= 0.3 is 0 Å². The van der Waals surface area contributed by atoms with Crippen LogP contribution in [0.1, 0.15) is 36.0 Å². The number of fused-ring (bicyclic) bond motifs is 1. The molecule has 1 fully saturated rings. The number of amides is 1. The van der Waals surface area contributed by atoms with Gasteiger partial charge in [-0.05, 0) is 30.5 Å². The first kappa shape index (κ1) is 14.6. The number of aromatic nitrogens is 3. The second-order valence-electron chi connectivity index (χ2n) is 6.13. The third-order valence-corrected chi connectivity index (χ3v) is 4.79. The van der Waals surface area contributed by atoms with E-state index in [1.807, 2.05) is 0 Å². The highest BCUT2D eigenvalue weighted by atomic mass is 35.5. The maximum absolute atomic E-state index is 13.1. The van der Waals surface area contributed by atoms with E-state index in [1.54, 1.807) is 11.0 Å². The summed E-state index contributed by atoms with van der Waals surface area (Å²) in [7, 11) is 0. The molecule has 1 amide bonds. The molecule has 1 aromatic heterocycles. The second kappa shape index (κ2) is 5.60. The lowest BCUT2D eigenvalue weighted by Gasteiger charge is -2.28. The van der Waals surface area contributed by atoms with Crippen LogP contribution in [0.4, 0.5) is 4.39 Å². The van der Waals surface area contributed by atoms with E-state index in [2.05, 4.69) is 14.8 Å². The van der Waals surface area contributed by atoms with E-state index >= 15 is 0 Å². The van der Waals surface area contributed by atoms with Crippen LogP contribution in [-0.4, -0.2) is 32.1 Å². The molecule has 1 aromatic carbocycles. The summed E-state index contributed by atoms with van der Waals surface area (Å²) in [5.41, 5.74) is 0.642. The molecule has 23 heavy (non-hydrogen) atoms. The van der Waals surface area contributed by atoms with Gasteiger partial charge in [0.2, 0.25) is 5.91 Å². The maximum atomic E-state index is 13.1. The second-order valence-corrected chi connectivity index (χ2v) is 6.54. The van der Waals surface area contributed by atoms with Gasteiger partial charge in [-0.25, -0.2) is 4.39 Å². The molecule has 4 rings (SSSR count). The fourth-order valence-electron chi connectivity index (χ4n) is 2.98. The Hall–Kier alpha value is -1.95. The van der Waals surface area contributed by atoms with E-state index in [9.17, 15) is 9.18 Å². The number of hydrogen-bond acceptors (Lipinski definition) is 3. The molecule has 7 heteroatoms. The molecule has 0 saturated heterocycles. The van der Waals surface area contributed by atoms with E-state index in [1.165, 1.54) is 25.0 Å². The predicted molar refractivity (Wildman–Crippen MR) is 82.5 cm³/mol. The highest BCUT2D eigenvalue weighted by Gasteiger charge is 2.32. The molecule has 0 spiro atoms. The van der Waals surface area contributed by atoms with Gasteiger partial charge in [0.1, 0.15) is 11.6 Å². The van der Waals surface area contributed by atoms with Crippen LogP contribution < -0.4 is 0 Å². The molecule has 120 valence electrons. The molecule has 0 radical (unpaired) electrons. The van der Waals surface area contributed by atoms with E-state index in [4.69, 9.17) is 11.6 Å². The van der Waals surface area contributed by atoms with Crippen LogP contribution in [0, 0.1) is 5.82 Å². The SMILES string of the molecule is O=C(Cc1ccc(F)cc1Cl)N1CCn2c(nnc2C2CC2)C1. The number of rotatable bonds is 3. The van der Waals surface area contributed by atoms with Gasteiger partial charge < -0.3 is 9.47 Å². The molecular formula is C16H16ClFN4O. The summed E-state index contributed by atoms with van der Waals surface area (Å²) in [6.45, 7) is 1.84. The summed E-state index contributed by atoms with van der Waals surface area (Å²) in [6.07, 6.45) is 2.54. The number of halogens is 2. The van der Waals surface area contributed by atoms with Crippen molar-refractivity contribution in [1.82, 2.24) is 19.7 Å². The number of nitrogens with zero attached hydrogens (tertiary/aromatic N) is 4. The van der Waals surface area contributed by atoms with Crippen molar-refractivity contribution in [3.63, 3.8) is 0 Å². The van der Waals surface area contributed by atoms with Gasteiger partial charge in [-0.1, -0.05) is 17.7 Å². The van der Waals surface area contributed by atoms with Crippen LogP contribution >= 0.6 is 11.6 Å². The minimum Gasteiger partial charge on any atom is -0.333 e. The summed E-state index contributed by atoms with van der Waals surface area (Å²) in [6, 6.07) is 4.12. The van der Waals surface area contributed by atoms with Crippen molar-refractivity contribution in [2.75, 3.05) is 6.54 Å². The molecule has 1 aliphatic heterocycles. The van der Waals surface area contributed by atoms with Gasteiger partial charge in [-0.2, -0.15) is 0 Å². The molecule has 0 unspecified atom stereocenters. The predicted octanol–water partition coefficient (Wildman–Crippen LogP) is 2.53. The average Bonchev–Trinajstić information content (AvgIpc) is 3.29. The monoisotopic (exact) mass is 334 g/mol. The Balaban J connectivity index is 1.47. The molecule has 0 atom stereocenters. The lowest BCUT2D eigenvalue weighted by molar-refractivity contribution is -0.132. The Morgan fingerprint density at radius 3 is 2.87 bits per heavy atom. The number of carbonyl (C=O) groups excluding carboxylic acids is 1. The fourth-order valence-corrected chi connectivity index (χ4v) is 3.21. The van der Waals surface area contributed by atoms with Crippen LogP contribution in [0.15, 0.2) is 18.2 Å². The van der Waals surface area contributed by atoms with Crippen LogP contribution in [0.2, 0.25) is 5.02 Å². The van der Waals surface area contributed by atoms with Gasteiger partial charge in [0.25, 0.3) is 0 Å². The van der Waals surface area contributed by atoms with Crippen LogP contribution in [0.5, 0.6) is 0 Å². The Labute approximate surface area is 138 Å². The lowest BCUT2D eigenvalue weighted by atomic mass is 10.1. The van der Waals surface area contributed by atoms with Gasteiger partial charge in [-0.15, -0.1) is 10.2 Å². The minimum absolute atomic E-state index is 0.0271. The van der Waals surface area contributed by atoms with Crippen molar-refractivity contribution in [2.24, 2.45) is 0 Å². The van der Waals surface area contributed by atoms with Crippen molar-refractivity contribution in [2.45, 2.75) is 38.3 Å². The molecule has 2 aliphatic rings. The summed E-state index contributed by atoms with van der Waals surface area (Å²) in [5.74, 6) is 2.03. The summed E-state index contributed by atoms with van der Waals surface area (Å²) in [5, 5.41) is 8.79. The van der Waals surface area contributed by atoms with Gasteiger partial charge in [0.05, 0.1) is 13.0 Å². The molecule has 0 N–H and O–H groups in total. The van der Waals surface area contributed by atoms with E-state index in [0.29, 0.717) is 24.6 Å². The largest absolute Gasteiger partial charge is 0.333 e. The van der Waals surface area contributed by atoms with Crippen LogP contribution in [0.25, 0.3) is 0 Å². The average molecular weight is 335 g/mol.